The maximum atomic E-state index is 11.8. The van der Waals surface area contributed by atoms with Crippen molar-refractivity contribution in [2.24, 2.45) is 0 Å². The lowest BCUT2D eigenvalue weighted by molar-refractivity contribution is 0.120. The number of anilines is 6. The molecule has 0 radical (unpaired) electrons. The third-order valence-corrected chi connectivity index (χ3v) is 8.00. The third kappa shape index (κ3) is 7.16. The van der Waals surface area contributed by atoms with Gasteiger partial charge in [-0.1, -0.05) is 0 Å². The van der Waals surface area contributed by atoms with Gasteiger partial charge in [-0.2, -0.15) is 4.98 Å². The van der Waals surface area contributed by atoms with Crippen LogP contribution in [0.4, 0.5) is 44.1 Å². The summed E-state index contributed by atoms with van der Waals surface area (Å²) in [4.78, 5) is 40.7. The summed E-state index contributed by atoms with van der Waals surface area (Å²) in [6.45, 7) is 7.06. The molecule has 0 atom stereocenters. The summed E-state index contributed by atoms with van der Waals surface area (Å²) in [5.74, 6) is 2.34. The fraction of sp³-hybridized carbons (Fsp3) is 0.419. The Labute approximate surface area is 262 Å². The van der Waals surface area contributed by atoms with Crippen molar-refractivity contribution in [3.63, 3.8) is 0 Å². The zero-order valence-corrected chi connectivity index (χ0v) is 26.3. The number of rotatable bonds is 8. The van der Waals surface area contributed by atoms with Crippen LogP contribution in [0.1, 0.15) is 5.56 Å². The summed E-state index contributed by atoms with van der Waals surface area (Å²) < 4.78 is 21.1. The second kappa shape index (κ2) is 14.1. The summed E-state index contributed by atoms with van der Waals surface area (Å²) in [6, 6.07) is 11.9. The van der Waals surface area contributed by atoms with Gasteiger partial charge in [0.2, 0.25) is 5.95 Å². The molecule has 3 aromatic rings. The standard InChI is InChI=1S/C31H40N8O6/c1-21-20-32-29(34-25-9-7-23(19-27(25)43-3)37-12-16-39(17-13-37)31(41)45-5)35-28(21)33-24-8-6-22(18-26(24)42-2)36-10-14-38(15-11-36)30(40)44-4/h6-9,18-20H,10-17H2,1-5H3,(H2,32,33,34,35). The molecule has 14 nitrogen and oxygen atoms in total. The topological polar surface area (TPSA) is 134 Å². The Kier molecular flexibility index (Phi) is 9.80. The molecule has 0 unspecified atom stereocenters. The summed E-state index contributed by atoms with van der Waals surface area (Å²) in [6.07, 6.45) is 1.14. The zero-order valence-electron chi connectivity index (χ0n) is 26.3. The monoisotopic (exact) mass is 620 g/mol. The molecule has 3 heterocycles. The van der Waals surface area contributed by atoms with Gasteiger partial charge < -0.3 is 49.2 Å². The first-order valence-electron chi connectivity index (χ1n) is 14.7. The highest BCUT2D eigenvalue weighted by Gasteiger charge is 2.24. The van der Waals surface area contributed by atoms with Gasteiger partial charge in [-0.15, -0.1) is 0 Å². The number of piperazine rings is 2. The second-order valence-electron chi connectivity index (χ2n) is 10.6. The van der Waals surface area contributed by atoms with Crippen LogP contribution in [-0.2, 0) is 9.47 Å². The average molecular weight is 621 g/mol. The van der Waals surface area contributed by atoms with Gasteiger partial charge in [0.05, 0.1) is 39.8 Å². The minimum absolute atomic E-state index is 0.302. The number of nitrogens with one attached hydrogen (secondary N) is 2. The van der Waals surface area contributed by atoms with Crippen molar-refractivity contribution in [1.29, 1.82) is 0 Å². The molecular weight excluding hydrogens is 580 g/mol. The molecule has 0 spiro atoms. The van der Waals surface area contributed by atoms with Crippen LogP contribution in [0.15, 0.2) is 42.6 Å². The Morgan fingerprint density at radius 2 is 1.16 bits per heavy atom. The number of methoxy groups -OCH3 is 4. The van der Waals surface area contributed by atoms with E-state index in [9.17, 15) is 9.59 Å². The number of benzene rings is 2. The molecule has 2 aliphatic rings. The van der Waals surface area contributed by atoms with E-state index in [1.165, 1.54) is 14.2 Å². The van der Waals surface area contributed by atoms with Gasteiger partial charge in [0, 0.05) is 87.6 Å². The van der Waals surface area contributed by atoms with Gasteiger partial charge in [-0.05, 0) is 31.2 Å². The Hall–Kier alpha value is -5.14. The Morgan fingerprint density at radius 1 is 0.689 bits per heavy atom. The van der Waals surface area contributed by atoms with E-state index < -0.39 is 0 Å². The molecule has 240 valence electrons. The molecular formula is C31H40N8O6. The number of aryl methyl sites for hydroxylation is 1. The molecule has 0 bridgehead atoms. The lowest BCUT2D eigenvalue weighted by atomic mass is 10.2. The lowest BCUT2D eigenvalue weighted by Gasteiger charge is -2.35. The van der Waals surface area contributed by atoms with Crippen molar-refractivity contribution in [3.05, 3.63) is 48.2 Å². The van der Waals surface area contributed by atoms with Crippen LogP contribution in [0.3, 0.4) is 0 Å². The van der Waals surface area contributed by atoms with Crippen molar-refractivity contribution in [3.8, 4) is 11.5 Å². The number of aromatic nitrogens is 2. The van der Waals surface area contributed by atoms with Crippen molar-refractivity contribution in [2.75, 3.05) is 101 Å². The molecule has 14 heteroatoms. The van der Waals surface area contributed by atoms with Crippen LogP contribution < -0.4 is 29.9 Å². The molecule has 0 aliphatic carbocycles. The fourth-order valence-corrected chi connectivity index (χ4v) is 5.39. The minimum Gasteiger partial charge on any atom is -0.494 e. The van der Waals surface area contributed by atoms with Crippen molar-refractivity contribution in [2.45, 2.75) is 6.92 Å². The number of carbonyl (C=O) groups excluding carboxylic acids is 2. The van der Waals surface area contributed by atoms with Crippen molar-refractivity contribution < 1.29 is 28.5 Å². The number of hydrogen-bond donors (Lipinski definition) is 2. The van der Waals surface area contributed by atoms with Gasteiger partial charge in [0.15, 0.2) is 0 Å². The van der Waals surface area contributed by atoms with Crippen LogP contribution in [0.2, 0.25) is 0 Å². The van der Waals surface area contributed by atoms with Gasteiger partial charge in [0.25, 0.3) is 0 Å². The van der Waals surface area contributed by atoms with E-state index in [1.807, 2.05) is 43.3 Å². The largest absolute Gasteiger partial charge is 0.494 e. The highest BCUT2D eigenvalue weighted by molar-refractivity contribution is 5.73. The molecule has 2 aromatic carbocycles. The van der Waals surface area contributed by atoms with Crippen LogP contribution in [0, 0.1) is 6.92 Å². The summed E-state index contributed by atoms with van der Waals surface area (Å²) in [5.41, 5.74) is 4.34. The predicted octanol–water partition coefficient (Wildman–Crippen LogP) is 4.07. The quantitative estimate of drug-likeness (QED) is 0.376. The minimum atomic E-state index is -0.304. The molecule has 45 heavy (non-hydrogen) atoms. The smallest absolute Gasteiger partial charge is 0.409 e. The van der Waals surface area contributed by atoms with Crippen LogP contribution in [0.25, 0.3) is 0 Å². The molecule has 2 amide bonds. The second-order valence-corrected chi connectivity index (χ2v) is 10.6. The number of ether oxygens (including phenoxy) is 4. The number of nitrogens with zero attached hydrogens (tertiary/aromatic N) is 6. The first-order valence-corrected chi connectivity index (χ1v) is 14.7. The van der Waals surface area contributed by atoms with Gasteiger partial charge in [-0.25, -0.2) is 14.6 Å². The van der Waals surface area contributed by atoms with E-state index in [2.05, 4.69) is 25.4 Å². The third-order valence-electron chi connectivity index (χ3n) is 8.00. The van der Waals surface area contributed by atoms with Gasteiger partial charge in [-0.3, -0.25) is 0 Å². The van der Waals surface area contributed by atoms with Crippen molar-refractivity contribution >= 4 is 46.7 Å². The highest BCUT2D eigenvalue weighted by atomic mass is 16.5. The molecule has 2 aliphatic heterocycles. The Bertz CT molecular complexity index is 1510. The maximum Gasteiger partial charge on any atom is 0.409 e. The summed E-state index contributed by atoms with van der Waals surface area (Å²) >= 11 is 0. The molecule has 5 rings (SSSR count). The van der Waals surface area contributed by atoms with E-state index in [4.69, 9.17) is 23.9 Å². The van der Waals surface area contributed by atoms with Crippen LogP contribution in [-0.4, -0.2) is 113 Å². The van der Waals surface area contributed by atoms with Gasteiger partial charge >= 0.3 is 12.2 Å². The van der Waals surface area contributed by atoms with Crippen LogP contribution >= 0.6 is 0 Å². The SMILES string of the molecule is COC(=O)N1CCN(c2ccc(Nc3ncc(C)c(Nc4ccc(N5CCN(C(=O)OC)CC5)cc4OC)n3)c(OC)c2)CC1. The number of carbonyl (C=O) groups is 2. The number of hydrogen-bond acceptors (Lipinski definition) is 12. The van der Waals surface area contributed by atoms with Crippen LogP contribution in [0.5, 0.6) is 11.5 Å². The lowest BCUT2D eigenvalue weighted by Crippen LogP contribution is -2.48. The molecule has 2 saturated heterocycles. The molecule has 1 aromatic heterocycles. The van der Waals surface area contributed by atoms with E-state index in [1.54, 1.807) is 30.2 Å². The zero-order chi connectivity index (χ0) is 31.9. The van der Waals surface area contributed by atoms with Crippen molar-refractivity contribution in [1.82, 2.24) is 19.8 Å². The van der Waals surface area contributed by atoms with E-state index in [0.29, 0.717) is 75.6 Å². The number of amides is 2. The summed E-state index contributed by atoms with van der Waals surface area (Å²) in [7, 11) is 6.06. The Morgan fingerprint density at radius 3 is 1.60 bits per heavy atom. The predicted molar refractivity (Wildman–Crippen MR) is 172 cm³/mol. The van der Waals surface area contributed by atoms with E-state index in [0.717, 1.165) is 28.3 Å². The first kappa shape index (κ1) is 31.3. The first-order chi connectivity index (χ1) is 21.8. The van der Waals surface area contributed by atoms with E-state index >= 15 is 0 Å². The fourth-order valence-electron chi connectivity index (χ4n) is 5.39. The van der Waals surface area contributed by atoms with E-state index in [-0.39, 0.29) is 12.2 Å². The molecule has 2 N–H and O–H groups in total. The highest BCUT2D eigenvalue weighted by Crippen LogP contribution is 2.35. The summed E-state index contributed by atoms with van der Waals surface area (Å²) in [5, 5.41) is 6.68. The average Bonchev–Trinajstić information content (AvgIpc) is 3.09. The Balaban J connectivity index is 1.26. The van der Waals surface area contributed by atoms with Gasteiger partial charge in [0.1, 0.15) is 17.3 Å². The normalized spacial score (nSPS) is 15.0. The molecule has 2 fully saturated rings. The maximum absolute atomic E-state index is 11.8. The molecule has 0 saturated carbocycles.